The monoisotopic (exact) mass is 299 g/mol. The number of nitrogens with zero attached hydrogens (tertiary/aromatic N) is 4. The lowest BCUT2D eigenvalue weighted by molar-refractivity contribution is -0.123. The average molecular weight is 299 g/mol. The van der Waals surface area contributed by atoms with Crippen LogP contribution < -0.4 is 5.73 Å². The molecular weight excluding hydrogens is 282 g/mol. The first-order valence-corrected chi connectivity index (χ1v) is 7.21. The molecule has 0 spiro atoms. The molecule has 1 aliphatic heterocycles. The molecule has 2 aromatic rings. The normalized spacial score (nSPS) is 15.7. The molecule has 7 heteroatoms. The molecule has 2 heterocycles. The van der Waals surface area contributed by atoms with Crippen molar-refractivity contribution in [2.75, 3.05) is 13.1 Å². The van der Waals surface area contributed by atoms with E-state index in [4.69, 9.17) is 5.73 Å². The van der Waals surface area contributed by atoms with Crippen LogP contribution in [-0.2, 0) is 4.79 Å². The van der Waals surface area contributed by atoms with Crippen LogP contribution in [0.25, 0.3) is 5.69 Å². The molecular formula is C15H17N5O2. The lowest BCUT2D eigenvalue weighted by Crippen LogP contribution is -2.41. The first-order valence-electron chi connectivity index (χ1n) is 7.21. The van der Waals surface area contributed by atoms with Crippen molar-refractivity contribution < 1.29 is 9.59 Å². The van der Waals surface area contributed by atoms with E-state index in [2.05, 4.69) is 10.3 Å². The maximum Gasteiger partial charge on any atom is 0.276 e. The molecule has 0 radical (unpaired) electrons. The molecule has 1 saturated heterocycles. The number of hydrogen-bond donors (Lipinski definition) is 1. The highest BCUT2D eigenvalue weighted by molar-refractivity contribution is 5.92. The van der Waals surface area contributed by atoms with Crippen molar-refractivity contribution in [1.82, 2.24) is 19.9 Å². The van der Waals surface area contributed by atoms with Gasteiger partial charge in [0.2, 0.25) is 5.91 Å². The predicted octanol–water partition coefficient (Wildman–Crippen LogP) is 0.605. The average Bonchev–Trinajstić information content (AvgIpc) is 3.05. The molecule has 1 aromatic carbocycles. The van der Waals surface area contributed by atoms with Gasteiger partial charge in [-0.2, -0.15) is 0 Å². The van der Waals surface area contributed by atoms with Gasteiger partial charge in [0.25, 0.3) is 5.91 Å². The zero-order chi connectivity index (χ0) is 15.5. The molecule has 2 amide bonds. The fourth-order valence-electron chi connectivity index (χ4n) is 2.60. The van der Waals surface area contributed by atoms with Crippen LogP contribution in [0.4, 0.5) is 0 Å². The number of likely N-dealkylation sites (tertiary alicyclic amines) is 1. The molecule has 0 atom stereocenters. The minimum absolute atomic E-state index is 0.135. The van der Waals surface area contributed by atoms with Gasteiger partial charge in [0, 0.05) is 19.0 Å². The molecule has 2 N–H and O–H groups in total. The van der Waals surface area contributed by atoms with Gasteiger partial charge in [-0.3, -0.25) is 9.59 Å². The van der Waals surface area contributed by atoms with Gasteiger partial charge < -0.3 is 10.6 Å². The number of benzene rings is 1. The number of hydrogen-bond acceptors (Lipinski definition) is 4. The standard InChI is InChI=1S/C15H17N5O2/c16-14(21)11-6-8-19(9-7-11)15(22)13-10-20(18-17-13)12-4-2-1-3-5-12/h1-5,10-11H,6-9H2,(H2,16,21). The van der Waals surface area contributed by atoms with Crippen molar-refractivity contribution in [3.63, 3.8) is 0 Å². The minimum atomic E-state index is -0.290. The number of para-hydroxylation sites is 1. The van der Waals surface area contributed by atoms with E-state index in [0.29, 0.717) is 31.6 Å². The maximum atomic E-state index is 12.4. The van der Waals surface area contributed by atoms with Crippen LogP contribution in [0.15, 0.2) is 36.5 Å². The summed E-state index contributed by atoms with van der Waals surface area (Å²) in [4.78, 5) is 25.3. The summed E-state index contributed by atoms with van der Waals surface area (Å²) in [5.41, 5.74) is 6.45. The molecule has 0 bridgehead atoms. The lowest BCUT2D eigenvalue weighted by Gasteiger charge is -2.29. The van der Waals surface area contributed by atoms with Crippen LogP contribution in [-0.4, -0.2) is 44.8 Å². The Morgan fingerprint density at radius 3 is 2.45 bits per heavy atom. The third kappa shape index (κ3) is 2.83. The van der Waals surface area contributed by atoms with Crippen LogP contribution in [0.2, 0.25) is 0 Å². The number of piperidine rings is 1. The molecule has 0 saturated carbocycles. The number of aromatic nitrogens is 3. The number of amides is 2. The van der Waals surface area contributed by atoms with E-state index in [1.165, 1.54) is 0 Å². The van der Waals surface area contributed by atoms with Gasteiger partial charge in [-0.1, -0.05) is 23.4 Å². The van der Waals surface area contributed by atoms with E-state index in [-0.39, 0.29) is 17.7 Å². The van der Waals surface area contributed by atoms with Gasteiger partial charge in [0.05, 0.1) is 11.9 Å². The fourth-order valence-corrected chi connectivity index (χ4v) is 2.60. The topological polar surface area (TPSA) is 94.1 Å². The number of nitrogens with two attached hydrogens (primary N) is 1. The smallest absolute Gasteiger partial charge is 0.276 e. The van der Waals surface area contributed by atoms with E-state index in [0.717, 1.165) is 5.69 Å². The zero-order valence-corrected chi connectivity index (χ0v) is 12.1. The van der Waals surface area contributed by atoms with Gasteiger partial charge in [0.1, 0.15) is 0 Å². The van der Waals surface area contributed by atoms with Crippen LogP contribution in [0.1, 0.15) is 23.3 Å². The van der Waals surface area contributed by atoms with Crippen molar-refractivity contribution in [3.8, 4) is 5.69 Å². The Morgan fingerprint density at radius 2 is 1.82 bits per heavy atom. The molecule has 1 fully saturated rings. The number of carbonyl (C=O) groups is 2. The number of rotatable bonds is 3. The predicted molar refractivity (Wildman–Crippen MR) is 79.2 cm³/mol. The first kappa shape index (κ1) is 14.2. The second-order valence-corrected chi connectivity index (χ2v) is 5.35. The van der Waals surface area contributed by atoms with Gasteiger partial charge in [-0.25, -0.2) is 4.68 Å². The van der Waals surface area contributed by atoms with Crippen molar-refractivity contribution in [2.24, 2.45) is 11.7 Å². The summed E-state index contributed by atoms with van der Waals surface area (Å²) in [5.74, 6) is -0.587. The molecule has 114 valence electrons. The SMILES string of the molecule is NC(=O)C1CCN(C(=O)c2cn(-c3ccccc3)nn2)CC1. The van der Waals surface area contributed by atoms with Crippen molar-refractivity contribution in [3.05, 3.63) is 42.2 Å². The van der Waals surface area contributed by atoms with Gasteiger partial charge in [0.15, 0.2) is 5.69 Å². The van der Waals surface area contributed by atoms with Gasteiger partial charge in [-0.15, -0.1) is 5.10 Å². The number of primary amides is 1. The zero-order valence-electron chi connectivity index (χ0n) is 12.1. The summed E-state index contributed by atoms with van der Waals surface area (Å²) < 4.78 is 1.57. The fraction of sp³-hybridized carbons (Fsp3) is 0.333. The summed E-state index contributed by atoms with van der Waals surface area (Å²) in [6.45, 7) is 1.04. The Morgan fingerprint density at radius 1 is 1.14 bits per heavy atom. The molecule has 1 aliphatic rings. The molecule has 0 aliphatic carbocycles. The first-order chi connectivity index (χ1) is 10.6. The summed E-state index contributed by atoms with van der Waals surface area (Å²) in [6, 6.07) is 9.48. The highest BCUT2D eigenvalue weighted by Gasteiger charge is 2.27. The number of carbonyl (C=O) groups excluding carboxylic acids is 2. The van der Waals surface area contributed by atoms with E-state index in [1.54, 1.807) is 15.8 Å². The minimum Gasteiger partial charge on any atom is -0.369 e. The Labute approximate surface area is 127 Å². The highest BCUT2D eigenvalue weighted by Crippen LogP contribution is 2.18. The third-order valence-corrected chi connectivity index (χ3v) is 3.92. The van der Waals surface area contributed by atoms with Gasteiger partial charge in [-0.05, 0) is 25.0 Å². The Hall–Kier alpha value is -2.70. The van der Waals surface area contributed by atoms with Crippen LogP contribution in [0.3, 0.4) is 0 Å². The van der Waals surface area contributed by atoms with Crippen LogP contribution in [0.5, 0.6) is 0 Å². The largest absolute Gasteiger partial charge is 0.369 e. The van der Waals surface area contributed by atoms with E-state index in [1.807, 2.05) is 30.3 Å². The molecule has 0 unspecified atom stereocenters. The second kappa shape index (κ2) is 5.97. The van der Waals surface area contributed by atoms with E-state index >= 15 is 0 Å². The Bertz CT molecular complexity index is 674. The van der Waals surface area contributed by atoms with E-state index < -0.39 is 0 Å². The lowest BCUT2D eigenvalue weighted by atomic mass is 9.96. The third-order valence-electron chi connectivity index (χ3n) is 3.92. The van der Waals surface area contributed by atoms with Gasteiger partial charge >= 0.3 is 0 Å². The molecule has 22 heavy (non-hydrogen) atoms. The van der Waals surface area contributed by atoms with Crippen molar-refractivity contribution >= 4 is 11.8 Å². The van der Waals surface area contributed by atoms with Crippen LogP contribution >= 0.6 is 0 Å². The summed E-state index contributed by atoms with van der Waals surface area (Å²) in [6.07, 6.45) is 2.83. The second-order valence-electron chi connectivity index (χ2n) is 5.35. The summed E-state index contributed by atoms with van der Waals surface area (Å²) in [7, 11) is 0. The maximum absolute atomic E-state index is 12.4. The van der Waals surface area contributed by atoms with Crippen molar-refractivity contribution in [1.29, 1.82) is 0 Å². The molecule has 3 rings (SSSR count). The van der Waals surface area contributed by atoms with Crippen LogP contribution in [0, 0.1) is 5.92 Å². The summed E-state index contributed by atoms with van der Waals surface area (Å²) >= 11 is 0. The molecule has 1 aromatic heterocycles. The van der Waals surface area contributed by atoms with Crippen molar-refractivity contribution in [2.45, 2.75) is 12.8 Å². The summed E-state index contributed by atoms with van der Waals surface area (Å²) in [5, 5.41) is 7.94. The Balaban J connectivity index is 1.69. The van der Waals surface area contributed by atoms with E-state index in [9.17, 15) is 9.59 Å². The highest BCUT2D eigenvalue weighted by atomic mass is 16.2. The molecule has 7 nitrogen and oxygen atoms in total. The Kier molecular flexibility index (Phi) is 3.86. The quantitative estimate of drug-likeness (QED) is 0.898.